The molecule has 6 atom stereocenters. The lowest BCUT2D eigenvalue weighted by Gasteiger charge is -2.37. The van der Waals surface area contributed by atoms with Crippen molar-refractivity contribution in [3.63, 3.8) is 0 Å². The van der Waals surface area contributed by atoms with Crippen LogP contribution in [-0.4, -0.2) is 133 Å². The van der Waals surface area contributed by atoms with E-state index in [0.717, 1.165) is 57.2 Å². The Balaban J connectivity index is 1.23. The zero-order valence-electron chi connectivity index (χ0n) is 39.3. The third-order valence-corrected chi connectivity index (χ3v) is 16.1. The van der Waals surface area contributed by atoms with Crippen LogP contribution in [0.5, 0.6) is 0 Å². The van der Waals surface area contributed by atoms with Gasteiger partial charge in [-0.05, 0) is 81.5 Å². The number of esters is 1. The maximum Gasteiger partial charge on any atom is 0.324 e. The van der Waals surface area contributed by atoms with Crippen molar-refractivity contribution in [1.82, 2.24) is 29.5 Å². The maximum atomic E-state index is 14.6. The third-order valence-electron chi connectivity index (χ3n) is 13.3. The Labute approximate surface area is 387 Å². The first-order chi connectivity index (χ1) is 30.8. The number of thioether (sulfide) groups is 1. The van der Waals surface area contributed by atoms with Crippen molar-refractivity contribution in [3.05, 3.63) is 52.2 Å². The number of rotatable bonds is 10. The fraction of sp³-hybridized carbons (Fsp3) is 0.617. The van der Waals surface area contributed by atoms with Crippen LogP contribution in [0.25, 0.3) is 16.5 Å². The number of allylic oxidation sites excluding steroid dienone is 2. The summed E-state index contributed by atoms with van der Waals surface area (Å²) in [5.74, 6) is -2.06. The fourth-order valence-electron chi connectivity index (χ4n) is 9.90. The number of cyclic esters (lactones) is 1. The van der Waals surface area contributed by atoms with Gasteiger partial charge < -0.3 is 24.3 Å². The summed E-state index contributed by atoms with van der Waals surface area (Å²) < 4.78 is 40.9. The average molecular weight is 935 g/mol. The van der Waals surface area contributed by atoms with Gasteiger partial charge >= 0.3 is 5.97 Å². The second-order valence-corrected chi connectivity index (χ2v) is 22.0. The molecule has 0 spiro atoms. The van der Waals surface area contributed by atoms with Crippen LogP contribution in [0.4, 0.5) is 0 Å². The van der Waals surface area contributed by atoms with Gasteiger partial charge in [-0.3, -0.25) is 34.2 Å². The number of fused-ring (bicyclic) bond motifs is 5. The van der Waals surface area contributed by atoms with Crippen LogP contribution in [0.2, 0.25) is 0 Å². The molecule has 2 aromatic rings. The minimum atomic E-state index is -3.66. The Hall–Kier alpha value is -4.36. The lowest BCUT2D eigenvalue weighted by atomic mass is 9.83. The summed E-state index contributed by atoms with van der Waals surface area (Å²) >= 11 is 1.55. The molecule has 3 amide bonds. The number of benzene rings is 1. The number of nitrogens with one attached hydrogen (secondary N) is 2. The molecular formula is C47H66N8O8S2. The van der Waals surface area contributed by atoms with E-state index in [1.807, 2.05) is 27.0 Å². The van der Waals surface area contributed by atoms with E-state index < -0.39 is 57.3 Å². The first-order valence-electron chi connectivity index (χ1n) is 22.9. The number of hydrazine groups is 1. The van der Waals surface area contributed by atoms with Crippen LogP contribution in [0.3, 0.4) is 0 Å². The standard InChI is InChI=1S/C47H66N8O8S2/c1-10-21-65(60,61)54-20-17-31(25-54)44(57)53(8)41(28(2)3)43(56)50-36-23-39-49-37(26-64-39)30-15-16-38-33(22-30)34(42(52(38)7)32-13-11-18-48-40(32)29(4)62-9)24-47(5,6)27-63-46(59)35-14-12-19-55(51-35)45(36)58/h10,15-16,18,21-22,28-29,31,35-37,41,51H,11-14,17,19-20,23-27H2,1-9H3,(H,50,56)/b21-10+/t29-,31-,35-,36-,37?,41-/m0/s1. The van der Waals surface area contributed by atoms with Crippen molar-refractivity contribution >= 4 is 73.2 Å². The molecule has 0 aliphatic carbocycles. The Morgan fingerprint density at radius 3 is 2.65 bits per heavy atom. The number of carbonyl (C=O) groups excluding carboxylic acids is 4. The highest BCUT2D eigenvalue weighted by molar-refractivity contribution is 8.14. The molecule has 1 unspecified atom stereocenters. The van der Waals surface area contributed by atoms with Crippen LogP contribution in [0.15, 0.2) is 45.4 Å². The minimum Gasteiger partial charge on any atom is -0.464 e. The van der Waals surface area contributed by atoms with Gasteiger partial charge in [-0.25, -0.2) is 13.8 Å². The van der Waals surface area contributed by atoms with E-state index in [4.69, 9.17) is 19.5 Å². The third kappa shape index (κ3) is 10.3. The second-order valence-electron chi connectivity index (χ2n) is 19.1. The largest absolute Gasteiger partial charge is 0.464 e. The van der Waals surface area contributed by atoms with E-state index in [2.05, 4.69) is 54.4 Å². The highest BCUT2D eigenvalue weighted by atomic mass is 32.2. The number of aromatic nitrogens is 1. The number of aryl methyl sites for hydroxylation is 1. The maximum absolute atomic E-state index is 14.6. The summed E-state index contributed by atoms with van der Waals surface area (Å²) in [6, 6.07) is 3.47. The zero-order chi connectivity index (χ0) is 47.0. The summed E-state index contributed by atoms with van der Waals surface area (Å²) in [5, 5.41) is 7.35. The summed E-state index contributed by atoms with van der Waals surface area (Å²) in [6.07, 6.45) is 6.88. The van der Waals surface area contributed by atoms with Crippen molar-refractivity contribution < 1.29 is 37.1 Å². The predicted molar refractivity (Wildman–Crippen MR) is 254 cm³/mol. The number of aliphatic imine (C=N–C) groups is 2. The normalized spacial score (nSPS) is 25.5. The molecule has 5 aliphatic rings. The van der Waals surface area contributed by atoms with Gasteiger partial charge in [0.15, 0.2) is 0 Å². The van der Waals surface area contributed by atoms with Gasteiger partial charge in [0, 0.05) is 92.2 Å². The SMILES string of the molecule is C/C=C/S(=O)(=O)N1CC[C@H](C(=O)N(C)[C@H](C(=O)N[C@H]2CC3=NC(CS3)c3ccc4c(c3)c(c(C3=C([C@H](C)OC)N=CCC3)n4C)CC(C)(C)COC(=O)[C@@H]3CCCN(N3)C2=O)C(C)C)C1. The van der Waals surface area contributed by atoms with Crippen molar-refractivity contribution in [3.8, 4) is 0 Å². The highest BCUT2D eigenvalue weighted by Crippen LogP contribution is 2.42. The van der Waals surface area contributed by atoms with E-state index in [1.54, 1.807) is 32.8 Å². The molecular weight excluding hydrogens is 869 g/mol. The van der Waals surface area contributed by atoms with Crippen LogP contribution in [0, 0.1) is 17.3 Å². The zero-order valence-corrected chi connectivity index (χ0v) is 40.9. The number of likely N-dealkylation sites (N-methyl/N-ethyl adjacent to an activating group) is 1. The number of amides is 3. The molecule has 354 valence electrons. The molecule has 18 heteroatoms. The van der Waals surface area contributed by atoms with E-state index in [9.17, 15) is 27.6 Å². The molecule has 5 aliphatic heterocycles. The Morgan fingerprint density at radius 1 is 1.15 bits per heavy atom. The molecule has 0 radical (unpaired) electrons. The molecule has 6 bridgehead atoms. The van der Waals surface area contributed by atoms with Gasteiger partial charge in [-0.2, -0.15) is 4.31 Å². The number of carbonyl (C=O) groups is 4. The van der Waals surface area contributed by atoms with Gasteiger partial charge in [0.2, 0.25) is 21.8 Å². The lowest BCUT2D eigenvalue weighted by molar-refractivity contribution is -0.155. The van der Waals surface area contributed by atoms with Gasteiger partial charge in [0.1, 0.15) is 18.1 Å². The van der Waals surface area contributed by atoms with Crippen LogP contribution in [0.1, 0.15) is 103 Å². The molecule has 0 saturated carbocycles. The summed E-state index contributed by atoms with van der Waals surface area (Å²) in [7, 11) is 1.69. The van der Waals surface area contributed by atoms with Gasteiger partial charge in [-0.15, -0.1) is 11.8 Å². The summed E-state index contributed by atoms with van der Waals surface area (Å²) in [4.78, 5) is 68.3. The van der Waals surface area contributed by atoms with Crippen molar-refractivity contribution in [2.24, 2.45) is 34.3 Å². The molecule has 2 saturated heterocycles. The smallest absolute Gasteiger partial charge is 0.324 e. The molecule has 1 aromatic heterocycles. The lowest BCUT2D eigenvalue weighted by Crippen LogP contribution is -2.62. The molecule has 2 fully saturated rings. The minimum absolute atomic E-state index is 0.0186. The highest BCUT2D eigenvalue weighted by Gasteiger charge is 2.42. The Bertz CT molecular complexity index is 2420. The molecule has 16 nitrogen and oxygen atoms in total. The topological polar surface area (TPSA) is 184 Å². The number of nitrogens with zero attached hydrogens (tertiary/aromatic N) is 6. The number of hydrogen-bond donors (Lipinski definition) is 2. The molecule has 7 rings (SSSR count). The number of ether oxygens (including phenoxy) is 2. The van der Waals surface area contributed by atoms with E-state index in [-0.39, 0.29) is 50.1 Å². The second kappa shape index (κ2) is 19.9. The Morgan fingerprint density at radius 2 is 1.92 bits per heavy atom. The number of methoxy groups -OCH3 is 1. The van der Waals surface area contributed by atoms with Crippen molar-refractivity contribution in [2.45, 2.75) is 117 Å². The number of sulfonamides is 1. The van der Waals surface area contributed by atoms with Gasteiger partial charge in [-0.1, -0.05) is 39.8 Å². The average Bonchev–Trinajstić information content (AvgIpc) is 4.03. The van der Waals surface area contributed by atoms with Crippen molar-refractivity contribution in [1.29, 1.82) is 0 Å². The first kappa shape index (κ1) is 48.6. The predicted octanol–water partition coefficient (Wildman–Crippen LogP) is 5.14. The van der Waals surface area contributed by atoms with Gasteiger partial charge in [0.05, 0.1) is 35.4 Å². The molecule has 1 aromatic carbocycles. The number of hydrogen-bond acceptors (Lipinski definition) is 12. The summed E-state index contributed by atoms with van der Waals surface area (Å²) in [5.41, 5.74) is 9.05. The summed E-state index contributed by atoms with van der Waals surface area (Å²) in [6.45, 7) is 12.2. The Kier molecular flexibility index (Phi) is 14.8. The fourth-order valence-corrected chi connectivity index (χ4v) is 12.3. The van der Waals surface area contributed by atoms with E-state index >= 15 is 0 Å². The van der Waals surface area contributed by atoms with Gasteiger partial charge in [0.25, 0.3) is 5.91 Å². The first-order valence-corrected chi connectivity index (χ1v) is 25.4. The molecule has 65 heavy (non-hydrogen) atoms. The quantitative estimate of drug-likeness (QED) is 0.303. The van der Waals surface area contributed by atoms with E-state index in [1.165, 1.54) is 20.3 Å². The van der Waals surface area contributed by atoms with Crippen LogP contribution in [-0.2, 0) is 52.1 Å². The monoisotopic (exact) mass is 934 g/mol. The van der Waals surface area contributed by atoms with Crippen LogP contribution < -0.4 is 10.7 Å². The van der Waals surface area contributed by atoms with Crippen molar-refractivity contribution in [2.75, 3.05) is 46.2 Å². The van der Waals surface area contributed by atoms with E-state index in [0.29, 0.717) is 43.0 Å². The van der Waals surface area contributed by atoms with Crippen LogP contribution >= 0.6 is 11.8 Å². The molecule has 6 heterocycles. The molecule has 2 N–H and O–H groups in total.